The summed E-state index contributed by atoms with van der Waals surface area (Å²) < 4.78 is 5.33. The summed E-state index contributed by atoms with van der Waals surface area (Å²) in [6, 6.07) is 8.76. The normalized spacial score (nSPS) is 13.9. The number of benzene rings is 1. The number of amides is 1. The summed E-state index contributed by atoms with van der Waals surface area (Å²) in [5, 5.41) is 13.1. The lowest BCUT2D eigenvalue weighted by Gasteiger charge is -2.20. The van der Waals surface area contributed by atoms with Gasteiger partial charge in [0, 0.05) is 17.7 Å². The third-order valence-electron chi connectivity index (χ3n) is 4.01. The van der Waals surface area contributed by atoms with Gasteiger partial charge in [0.15, 0.2) is 5.69 Å². The largest absolute Gasteiger partial charge is 0.480 e. The SMILES string of the molecule is O=C(O)CN(C(=O)c1noc2c1CCCCC2)c1ccccc1. The number of rotatable bonds is 4. The lowest BCUT2D eigenvalue weighted by Crippen LogP contribution is -2.36. The number of hydrogen-bond acceptors (Lipinski definition) is 4. The Hall–Kier alpha value is -2.63. The van der Waals surface area contributed by atoms with E-state index >= 15 is 0 Å². The molecule has 6 heteroatoms. The van der Waals surface area contributed by atoms with E-state index in [-0.39, 0.29) is 5.69 Å². The molecule has 1 aliphatic rings. The van der Waals surface area contributed by atoms with Crippen molar-refractivity contribution in [1.29, 1.82) is 0 Å². The fourth-order valence-electron chi connectivity index (χ4n) is 2.88. The minimum atomic E-state index is -1.07. The zero-order chi connectivity index (χ0) is 16.2. The van der Waals surface area contributed by atoms with Crippen molar-refractivity contribution >= 4 is 17.6 Å². The Labute approximate surface area is 133 Å². The predicted octanol–water partition coefficient (Wildman–Crippen LogP) is 2.67. The van der Waals surface area contributed by atoms with E-state index in [0.717, 1.165) is 43.4 Å². The minimum absolute atomic E-state index is 0.243. The highest BCUT2D eigenvalue weighted by atomic mass is 16.5. The summed E-state index contributed by atoms with van der Waals surface area (Å²) in [5.74, 6) is -0.739. The second-order valence-electron chi connectivity index (χ2n) is 5.61. The van der Waals surface area contributed by atoms with E-state index in [1.807, 2.05) is 6.07 Å². The molecule has 0 fully saturated rings. The van der Waals surface area contributed by atoms with Gasteiger partial charge in [0.25, 0.3) is 5.91 Å². The van der Waals surface area contributed by atoms with Gasteiger partial charge in [-0.2, -0.15) is 0 Å². The third-order valence-corrected chi connectivity index (χ3v) is 4.01. The van der Waals surface area contributed by atoms with Gasteiger partial charge < -0.3 is 9.63 Å². The quantitative estimate of drug-likeness (QED) is 0.877. The van der Waals surface area contributed by atoms with Crippen LogP contribution in [0.3, 0.4) is 0 Å². The van der Waals surface area contributed by atoms with Gasteiger partial charge in [-0.3, -0.25) is 14.5 Å². The molecule has 0 spiro atoms. The van der Waals surface area contributed by atoms with Crippen molar-refractivity contribution in [2.75, 3.05) is 11.4 Å². The van der Waals surface area contributed by atoms with E-state index in [1.165, 1.54) is 4.90 Å². The molecule has 1 aliphatic carbocycles. The maximum absolute atomic E-state index is 12.9. The first-order valence-electron chi connectivity index (χ1n) is 7.73. The number of carboxylic acids is 1. The summed E-state index contributed by atoms with van der Waals surface area (Å²) in [5.41, 5.74) is 1.61. The number of para-hydroxylation sites is 1. The Morgan fingerprint density at radius 3 is 2.61 bits per heavy atom. The second-order valence-corrected chi connectivity index (χ2v) is 5.61. The molecule has 0 atom stereocenters. The van der Waals surface area contributed by atoms with Crippen molar-refractivity contribution in [3.05, 3.63) is 47.3 Å². The number of carbonyl (C=O) groups is 2. The molecule has 3 rings (SSSR count). The second kappa shape index (κ2) is 6.64. The first kappa shape index (κ1) is 15.3. The van der Waals surface area contributed by atoms with Gasteiger partial charge in [0.2, 0.25) is 0 Å². The Kier molecular flexibility index (Phi) is 4.41. The van der Waals surface area contributed by atoms with Crippen LogP contribution in [-0.4, -0.2) is 28.7 Å². The molecule has 0 saturated carbocycles. The van der Waals surface area contributed by atoms with Crippen LogP contribution in [0.1, 0.15) is 41.1 Å². The smallest absolute Gasteiger partial charge is 0.323 e. The molecule has 1 aromatic heterocycles. The molecule has 1 heterocycles. The van der Waals surface area contributed by atoms with Crippen LogP contribution in [0, 0.1) is 0 Å². The zero-order valence-electron chi connectivity index (χ0n) is 12.7. The predicted molar refractivity (Wildman–Crippen MR) is 83.5 cm³/mol. The summed E-state index contributed by atoms with van der Waals surface area (Å²) in [7, 11) is 0. The summed E-state index contributed by atoms with van der Waals surface area (Å²) in [6.07, 6.45) is 4.62. The zero-order valence-corrected chi connectivity index (χ0v) is 12.7. The van der Waals surface area contributed by atoms with Crippen molar-refractivity contribution in [3.8, 4) is 0 Å². The highest BCUT2D eigenvalue weighted by Gasteiger charge is 2.28. The van der Waals surface area contributed by atoms with Crippen LogP contribution in [0.25, 0.3) is 0 Å². The summed E-state index contributed by atoms with van der Waals surface area (Å²) >= 11 is 0. The van der Waals surface area contributed by atoms with E-state index in [1.54, 1.807) is 24.3 Å². The maximum Gasteiger partial charge on any atom is 0.323 e. The van der Waals surface area contributed by atoms with Crippen molar-refractivity contribution in [2.24, 2.45) is 0 Å². The summed E-state index contributed by atoms with van der Waals surface area (Å²) in [6.45, 7) is -0.412. The Bertz CT molecular complexity index is 709. The monoisotopic (exact) mass is 314 g/mol. The Balaban J connectivity index is 1.95. The molecule has 1 amide bonds. The number of nitrogens with zero attached hydrogens (tertiary/aromatic N) is 2. The maximum atomic E-state index is 12.9. The van der Waals surface area contributed by atoms with E-state index in [0.29, 0.717) is 5.69 Å². The molecule has 23 heavy (non-hydrogen) atoms. The molecule has 2 aromatic rings. The van der Waals surface area contributed by atoms with Gasteiger partial charge in [-0.1, -0.05) is 29.8 Å². The van der Waals surface area contributed by atoms with Crippen LogP contribution >= 0.6 is 0 Å². The van der Waals surface area contributed by atoms with Crippen LogP contribution in [0.15, 0.2) is 34.9 Å². The molecule has 0 bridgehead atoms. The van der Waals surface area contributed by atoms with Crippen LogP contribution in [0.4, 0.5) is 5.69 Å². The standard InChI is InChI=1S/C17H18N2O4/c20-15(21)11-19(12-7-3-1-4-8-12)17(22)16-13-9-5-2-6-10-14(13)23-18-16/h1,3-4,7-8H,2,5-6,9-11H2,(H,20,21). The Morgan fingerprint density at radius 1 is 1.13 bits per heavy atom. The lowest BCUT2D eigenvalue weighted by molar-refractivity contribution is -0.135. The average molecular weight is 314 g/mol. The van der Waals surface area contributed by atoms with E-state index in [4.69, 9.17) is 9.63 Å². The molecular formula is C17H18N2O4. The number of aliphatic carboxylic acids is 1. The minimum Gasteiger partial charge on any atom is -0.480 e. The number of fused-ring (bicyclic) bond motifs is 1. The highest BCUT2D eigenvalue weighted by molar-refractivity contribution is 6.07. The average Bonchev–Trinajstić information content (AvgIpc) is 2.81. The third kappa shape index (κ3) is 3.26. The number of hydrogen-bond donors (Lipinski definition) is 1. The number of carboxylic acid groups (broad SMARTS) is 1. The van der Waals surface area contributed by atoms with Gasteiger partial charge in [-0.25, -0.2) is 0 Å². The number of aryl methyl sites for hydroxylation is 1. The van der Waals surface area contributed by atoms with Gasteiger partial charge >= 0.3 is 5.97 Å². The fourth-order valence-corrected chi connectivity index (χ4v) is 2.88. The van der Waals surface area contributed by atoms with Crippen molar-refractivity contribution in [2.45, 2.75) is 32.1 Å². The van der Waals surface area contributed by atoms with E-state index < -0.39 is 18.4 Å². The molecule has 1 aromatic carbocycles. The molecule has 120 valence electrons. The topological polar surface area (TPSA) is 83.6 Å². The van der Waals surface area contributed by atoms with Gasteiger partial charge in [0.05, 0.1) is 0 Å². The van der Waals surface area contributed by atoms with Crippen LogP contribution in [0.2, 0.25) is 0 Å². The number of carbonyl (C=O) groups excluding carboxylic acids is 1. The van der Waals surface area contributed by atoms with Crippen molar-refractivity contribution in [1.82, 2.24) is 5.16 Å². The fraction of sp³-hybridized carbons (Fsp3) is 0.353. The van der Waals surface area contributed by atoms with Crippen molar-refractivity contribution in [3.63, 3.8) is 0 Å². The lowest BCUT2D eigenvalue weighted by atomic mass is 10.1. The number of anilines is 1. The molecule has 6 nitrogen and oxygen atoms in total. The van der Waals surface area contributed by atoms with Gasteiger partial charge in [-0.05, 0) is 31.4 Å². The van der Waals surface area contributed by atoms with Crippen molar-refractivity contribution < 1.29 is 19.2 Å². The van der Waals surface area contributed by atoms with Crippen LogP contribution < -0.4 is 4.90 Å². The highest BCUT2D eigenvalue weighted by Crippen LogP contribution is 2.26. The van der Waals surface area contributed by atoms with Gasteiger partial charge in [-0.15, -0.1) is 0 Å². The summed E-state index contributed by atoms with van der Waals surface area (Å²) in [4.78, 5) is 25.3. The Morgan fingerprint density at radius 2 is 1.87 bits per heavy atom. The number of aromatic nitrogens is 1. The first-order valence-corrected chi connectivity index (χ1v) is 7.73. The van der Waals surface area contributed by atoms with Crippen LogP contribution in [-0.2, 0) is 17.6 Å². The molecular weight excluding hydrogens is 296 g/mol. The first-order chi connectivity index (χ1) is 11.2. The molecule has 1 N–H and O–H groups in total. The molecule has 0 radical (unpaired) electrons. The van der Waals surface area contributed by atoms with E-state index in [9.17, 15) is 9.59 Å². The van der Waals surface area contributed by atoms with E-state index in [2.05, 4.69) is 5.16 Å². The molecule has 0 saturated heterocycles. The van der Waals surface area contributed by atoms with Gasteiger partial charge in [0.1, 0.15) is 12.3 Å². The van der Waals surface area contributed by atoms with Crippen LogP contribution in [0.5, 0.6) is 0 Å². The molecule has 0 aliphatic heterocycles. The molecule has 0 unspecified atom stereocenters.